The SMILES string of the molecule is Clc1ccc(COC(/C(=C\c2ccccc2)n2cncn2)c2ccccc2)cc1. The van der Waals surface area contributed by atoms with Gasteiger partial charge in [0.05, 0.1) is 12.3 Å². The van der Waals surface area contributed by atoms with Crippen LogP contribution in [0.5, 0.6) is 0 Å². The van der Waals surface area contributed by atoms with E-state index in [-0.39, 0.29) is 6.10 Å². The number of hydrogen-bond acceptors (Lipinski definition) is 3. The van der Waals surface area contributed by atoms with Gasteiger partial charge in [0.2, 0.25) is 0 Å². The van der Waals surface area contributed by atoms with E-state index in [0.29, 0.717) is 11.6 Å². The van der Waals surface area contributed by atoms with Crippen molar-refractivity contribution in [2.45, 2.75) is 12.7 Å². The van der Waals surface area contributed by atoms with Crippen LogP contribution < -0.4 is 0 Å². The molecule has 4 nitrogen and oxygen atoms in total. The lowest BCUT2D eigenvalue weighted by atomic mass is 10.0. The Balaban J connectivity index is 1.72. The van der Waals surface area contributed by atoms with Gasteiger partial charge in [-0.2, -0.15) is 5.10 Å². The third kappa shape index (κ3) is 4.99. The van der Waals surface area contributed by atoms with Crippen molar-refractivity contribution in [2.24, 2.45) is 0 Å². The standard InChI is InChI=1S/C24H20ClN3O/c25-22-13-11-20(12-14-22)16-29-24(21-9-5-2-6-10-21)23(28-18-26-17-27-28)15-19-7-3-1-4-8-19/h1-15,17-18,24H,16H2/b23-15+. The first-order chi connectivity index (χ1) is 14.3. The first-order valence-electron chi connectivity index (χ1n) is 9.32. The summed E-state index contributed by atoms with van der Waals surface area (Å²) in [5.41, 5.74) is 4.04. The molecule has 0 fully saturated rings. The number of ether oxygens (including phenoxy) is 1. The van der Waals surface area contributed by atoms with Crippen LogP contribution in [-0.4, -0.2) is 14.8 Å². The van der Waals surface area contributed by atoms with Gasteiger partial charge in [-0.15, -0.1) is 0 Å². The second-order valence-corrected chi connectivity index (χ2v) is 6.98. The number of nitrogens with zero attached hydrogens (tertiary/aromatic N) is 3. The molecule has 0 aliphatic rings. The molecule has 144 valence electrons. The maximum absolute atomic E-state index is 6.41. The predicted molar refractivity (Wildman–Crippen MR) is 116 cm³/mol. The van der Waals surface area contributed by atoms with Gasteiger partial charge >= 0.3 is 0 Å². The van der Waals surface area contributed by atoms with Gasteiger partial charge in [0, 0.05) is 5.02 Å². The summed E-state index contributed by atoms with van der Waals surface area (Å²) in [7, 11) is 0. The first-order valence-corrected chi connectivity index (χ1v) is 9.70. The van der Waals surface area contributed by atoms with Crippen molar-refractivity contribution in [1.82, 2.24) is 14.8 Å². The molecular weight excluding hydrogens is 382 g/mol. The minimum Gasteiger partial charge on any atom is -0.362 e. The van der Waals surface area contributed by atoms with Crippen LogP contribution in [0.25, 0.3) is 11.8 Å². The Morgan fingerprint density at radius 1 is 0.931 bits per heavy atom. The molecule has 0 amide bonds. The monoisotopic (exact) mass is 401 g/mol. The normalized spacial score (nSPS) is 12.7. The molecule has 0 aliphatic heterocycles. The molecule has 1 atom stereocenters. The highest BCUT2D eigenvalue weighted by atomic mass is 35.5. The maximum atomic E-state index is 6.41. The Bertz CT molecular complexity index is 1050. The summed E-state index contributed by atoms with van der Waals surface area (Å²) >= 11 is 6.01. The summed E-state index contributed by atoms with van der Waals surface area (Å²) in [5.74, 6) is 0. The topological polar surface area (TPSA) is 39.9 Å². The minimum absolute atomic E-state index is 0.325. The van der Waals surface area contributed by atoms with E-state index in [2.05, 4.69) is 40.4 Å². The van der Waals surface area contributed by atoms with Gasteiger partial charge in [0.25, 0.3) is 0 Å². The summed E-state index contributed by atoms with van der Waals surface area (Å²) < 4.78 is 8.17. The Labute approximate surface area is 175 Å². The Morgan fingerprint density at radius 3 is 2.28 bits per heavy atom. The average molecular weight is 402 g/mol. The van der Waals surface area contributed by atoms with Crippen LogP contribution >= 0.6 is 11.6 Å². The van der Waals surface area contributed by atoms with Gasteiger partial charge in [-0.05, 0) is 34.9 Å². The number of halogens is 1. The van der Waals surface area contributed by atoms with Gasteiger partial charge < -0.3 is 4.74 Å². The zero-order valence-corrected chi connectivity index (χ0v) is 16.5. The fraction of sp³-hybridized carbons (Fsp3) is 0.0833. The predicted octanol–water partition coefficient (Wildman–Crippen LogP) is 5.89. The highest BCUT2D eigenvalue weighted by molar-refractivity contribution is 6.30. The van der Waals surface area contributed by atoms with Crippen molar-refractivity contribution >= 4 is 23.4 Å². The van der Waals surface area contributed by atoms with E-state index in [1.807, 2.05) is 60.7 Å². The average Bonchev–Trinajstić information content (AvgIpc) is 3.30. The largest absolute Gasteiger partial charge is 0.362 e. The Morgan fingerprint density at radius 2 is 1.62 bits per heavy atom. The summed E-state index contributed by atoms with van der Waals surface area (Å²) in [6, 6.07) is 27.9. The molecular formula is C24H20ClN3O. The third-order valence-electron chi connectivity index (χ3n) is 4.50. The van der Waals surface area contributed by atoms with Gasteiger partial charge in [-0.1, -0.05) is 84.4 Å². The van der Waals surface area contributed by atoms with E-state index in [1.54, 1.807) is 11.0 Å². The molecule has 29 heavy (non-hydrogen) atoms. The molecule has 4 rings (SSSR count). The van der Waals surface area contributed by atoms with Crippen LogP contribution in [0.3, 0.4) is 0 Å². The lowest BCUT2D eigenvalue weighted by Gasteiger charge is -2.22. The van der Waals surface area contributed by atoms with Crippen LogP contribution in [0.4, 0.5) is 0 Å². The number of hydrogen-bond donors (Lipinski definition) is 0. The quantitative estimate of drug-likeness (QED) is 0.387. The second kappa shape index (κ2) is 9.32. The molecule has 0 spiro atoms. The smallest absolute Gasteiger partial charge is 0.138 e. The van der Waals surface area contributed by atoms with Crippen molar-refractivity contribution in [3.63, 3.8) is 0 Å². The molecule has 0 saturated heterocycles. The number of benzene rings is 3. The van der Waals surface area contributed by atoms with Gasteiger partial charge in [0.1, 0.15) is 18.8 Å². The van der Waals surface area contributed by atoms with E-state index in [1.165, 1.54) is 6.33 Å². The zero-order chi connectivity index (χ0) is 19.9. The molecule has 0 N–H and O–H groups in total. The van der Waals surface area contributed by atoms with Gasteiger partial charge in [0.15, 0.2) is 0 Å². The van der Waals surface area contributed by atoms with Crippen molar-refractivity contribution < 1.29 is 4.74 Å². The van der Waals surface area contributed by atoms with Crippen molar-refractivity contribution in [3.8, 4) is 0 Å². The molecule has 0 radical (unpaired) electrons. The minimum atomic E-state index is -0.325. The first kappa shape index (κ1) is 19.1. The molecule has 1 aromatic heterocycles. The third-order valence-corrected chi connectivity index (χ3v) is 4.75. The summed E-state index contributed by atoms with van der Waals surface area (Å²) in [5, 5.41) is 5.07. The molecule has 1 heterocycles. The summed E-state index contributed by atoms with van der Waals surface area (Å²) in [6.07, 6.45) is 4.97. The van der Waals surface area contributed by atoms with Crippen molar-refractivity contribution in [3.05, 3.63) is 119 Å². The highest BCUT2D eigenvalue weighted by Crippen LogP contribution is 2.31. The highest BCUT2D eigenvalue weighted by Gasteiger charge is 2.20. The van der Waals surface area contributed by atoms with Crippen LogP contribution in [0.15, 0.2) is 97.6 Å². The van der Waals surface area contributed by atoms with Crippen LogP contribution in [0.1, 0.15) is 22.8 Å². The van der Waals surface area contributed by atoms with Gasteiger partial charge in [-0.25, -0.2) is 9.67 Å². The molecule has 0 saturated carbocycles. The zero-order valence-electron chi connectivity index (χ0n) is 15.7. The molecule has 0 bridgehead atoms. The number of aromatic nitrogens is 3. The van der Waals surface area contributed by atoms with E-state index >= 15 is 0 Å². The molecule has 3 aromatic carbocycles. The fourth-order valence-electron chi connectivity index (χ4n) is 3.06. The van der Waals surface area contributed by atoms with Crippen LogP contribution in [-0.2, 0) is 11.3 Å². The van der Waals surface area contributed by atoms with E-state index in [9.17, 15) is 0 Å². The maximum Gasteiger partial charge on any atom is 0.138 e. The second-order valence-electron chi connectivity index (χ2n) is 6.55. The Hall–Kier alpha value is -3.21. The van der Waals surface area contributed by atoms with E-state index < -0.39 is 0 Å². The lowest BCUT2D eigenvalue weighted by molar-refractivity contribution is 0.0747. The summed E-state index contributed by atoms with van der Waals surface area (Å²) in [4.78, 5) is 4.13. The van der Waals surface area contributed by atoms with Crippen molar-refractivity contribution in [1.29, 1.82) is 0 Å². The number of rotatable bonds is 7. The van der Waals surface area contributed by atoms with E-state index in [0.717, 1.165) is 22.4 Å². The Kier molecular flexibility index (Phi) is 6.15. The lowest BCUT2D eigenvalue weighted by Crippen LogP contribution is -2.12. The van der Waals surface area contributed by atoms with Crippen molar-refractivity contribution in [2.75, 3.05) is 0 Å². The van der Waals surface area contributed by atoms with E-state index in [4.69, 9.17) is 16.3 Å². The molecule has 0 aliphatic carbocycles. The van der Waals surface area contributed by atoms with Crippen LogP contribution in [0, 0.1) is 0 Å². The molecule has 1 unspecified atom stereocenters. The van der Waals surface area contributed by atoms with Crippen LogP contribution in [0.2, 0.25) is 5.02 Å². The molecule has 4 aromatic rings. The fourth-order valence-corrected chi connectivity index (χ4v) is 3.19. The molecule has 5 heteroatoms. The summed E-state index contributed by atoms with van der Waals surface area (Å²) in [6.45, 7) is 0.442. The van der Waals surface area contributed by atoms with Gasteiger partial charge in [-0.3, -0.25) is 0 Å².